The molecule has 1 nitrogen and oxygen atoms in total. The number of hydrogen-bond donors (Lipinski definition) is 1. The molecule has 0 bridgehead atoms. The van der Waals surface area contributed by atoms with E-state index in [-0.39, 0.29) is 12.4 Å². The maximum Gasteiger partial charge on any atom is 0.0223 e. The van der Waals surface area contributed by atoms with Crippen molar-refractivity contribution in [3.8, 4) is 0 Å². The number of hydrogen-bond acceptors (Lipinski definition) is 1. The summed E-state index contributed by atoms with van der Waals surface area (Å²) in [6, 6.07) is 0.621. The van der Waals surface area contributed by atoms with E-state index in [9.17, 15) is 0 Å². The van der Waals surface area contributed by atoms with E-state index in [4.69, 9.17) is 11.6 Å². The molecular formula is C8H19Cl2N. The Morgan fingerprint density at radius 3 is 2.27 bits per heavy atom. The van der Waals surface area contributed by atoms with Crippen LogP contribution in [0.25, 0.3) is 0 Å². The molecule has 0 atom stereocenters. The summed E-state index contributed by atoms with van der Waals surface area (Å²) in [4.78, 5) is 0. The molecule has 0 spiro atoms. The van der Waals surface area contributed by atoms with E-state index in [0.717, 1.165) is 18.8 Å². The zero-order chi connectivity index (χ0) is 7.82. The minimum atomic E-state index is 0. The highest BCUT2D eigenvalue weighted by atomic mass is 35.5. The minimum absolute atomic E-state index is 0. The Hall–Kier alpha value is 0.540. The molecule has 0 aromatic carbocycles. The van der Waals surface area contributed by atoms with Gasteiger partial charge in [0.05, 0.1) is 0 Å². The van der Waals surface area contributed by atoms with Crippen LogP contribution in [0.5, 0.6) is 0 Å². The van der Waals surface area contributed by atoms with Gasteiger partial charge in [-0.25, -0.2) is 0 Å². The Balaban J connectivity index is 0. The summed E-state index contributed by atoms with van der Waals surface area (Å²) in [6.45, 7) is 5.47. The van der Waals surface area contributed by atoms with Crippen molar-refractivity contribution in [1.82, 2.24) is 5.32 Å². The highest BCUT2D eigenvalue weighted by Crippen LogP contribution is 1.95. The molecule has 0 radical (unpaired) electrons. The molecule has 1 N–H and O–H groups in total. The average Bonchev–Trinajstić information content (AvgIpc) is 1.87. The summed E-state index contributed by atoms with van der Waals surface area (Å²) < 4.78 is 0. The third-order valence-corrected chi connectivity index (χ3v) is 1.63. The van der Waals surface area contributed by atoms with Crippen LogP contribution >= 0.6 is 24.0 Å². The van der Waals surface area contributed by atoms with Crippen molar-refractivity contribution >= 4 is 24.0 Å². The van der Waals surface area contributed by atoms with Crippen molar-refractivity contribution in [2.45, 2.75) is 39.2 Å². The van der Waals surface area contributed by atoms with E-state index in [1.54, 1.807) is 0 Å². The molecule has 0 amide bonds. The van der Waals surface area contributed by atoms with Crippen molar-refractivity contribution in [2.75, 3.05) is 12.4 Å². The lowest BCUT2D eigenvalue weighted by atomic mass is 10.2. The van der Waals surface area contributed by atoms with Crippen molar-refractivity contribution < 1.29 is 0 Å². The Kier molecular flexibility index (Phi) is 13.5. The summed E-state index contributed by atoms with van der Waals surface area (Å²) in [6.07, 6.45) is 3.66. The van der Waals surface area contributed by atoms with E-state index in [1.807, 2.05) is 0 Å². The first kappa shape index (κ1) is 14.1. The lowest BCUT2D eigenvalue weighted by Gasteiger charge is -2.06. The second-order valence-corrected chi connectivity index (χ2v) is 3.24. The molecule has 3 heteroatoms. The molecule has 0 aromatic heterocycles. The van der Waals surface area contributed by atoms with Crippen molar-refractivity contribution in [3.63, 3.8) is 0 Å². The minimum Gasteiger partial charge on any atom is -0.315 e. The molecule has 0 fully saturated rings. The molecule has 0 rings (SSSR count). The van der Waals surface area contributed by atoms with Crippen LogP contribution in [0.1, 0.15) is 33.1 Å². The van der Waals surface area contributed by atoms with E-state index >= 15 is 0 Å². The van der Waals surface area contributed by atoms with Crippen molar-refractivity contribution in [1.29, 1.82) is 0 Å². The van der Waals surface area contributed by atoms with Crippen LogP contribution in [0.3, 0.4) is 0 Å². The van der Waals surface area contributed by atoms with Gasteiger partial charge in [0, 0.05) is 11.9 Å². The van der Waals surface area contributed by atoms with Gasteiger partial charge in [-0.2, -0.15) is 0 Å². The average molecular weight is 200 g/mol. The largest absolute Gasteiger partial charge is 0.315 e. The van der Waals surface area contributed by atoms with Gasteiger partial charge in [0.25, 0.3) is 0 Å². The lowest BCUT2D eigenvalue weighted by molar-refractivity contribution is 0.555. The van der Waals surface area contributed by atoms with E-state index in [1.165, 1.54) is 12.8 Å². The fourth-order valence-electron chi connectivity index (χ4n) is 0.787. The van der Waals surface area contributed by atoms with Crippen LogP contribution in [0.2, 0.25) is 0 Å². The van der Waals surface area contributed by atoms with Crippen molar-refractivity contribution in [3.05, 3.63) is 0 Å². The quantitative estimate of drug-likeness (QED) is 0.513. The van der Waals surface area contributed by atoms with Gasteiger partial charge in [0.15, 0.2) is 0 Å². The van der Waals surface area contributed by atoms with Crippen LogP contribution in [-0.2, 0) is 0 Å². The monoisotopic (exact) mass is 199 g/mol. The van der Waals surface area contributed by atoms with Crippen LogP contribution in [0, 0.1) is 0 Å². The van der Waals surface area contributed by atoms with Crippen LogP contribution in [-0.4, -0.2) is 18.5 Å². The van der Waals surface area contributed by atoms with Gasteiger partial charge in [0.2, 0.25) is 0 Å². The first-order chi connectivity index (χ1) is 4.77. The smallest absolute Gasteiger partial charge is 0.0223 e. The predicted octanol–water partition coefficient (Wildman–Crippen LogP) is 2.82. The molecule has 11 heavy (non-hydrogen) atoms. The van der Waals surface area contributed by atoms with Gasteiger partial charge < -0.3 is 5.32 Å². The van der Waals surface area contributed by atoms with E-state index in [0.29, 0.717) is 6.04 Å². The van der Waals surface area contributed by atoms with Crippen LogP contribution in [0.15, 0.2) is 0 Å². The van der Waals surface area contributed by atoms with Gasteiger partial charge in [-0.15, -0.1) is 24.0 Å². The molecular weight excluding hydrogens is 181 g/mol. The van der Waals surface area contributed by atoms with Crippen molar-refractivity contribution in [2.24, 2.45) is 0 Å². The zero-order valence-corrected chi connectivity index (χ0v) is 8.97. The number of alkyl halides is 1. The van der Waals surface area contributed by atoms with Gasteiger partial charge in [-0.3, -0.25) is 0 Å². The maximum atomic E-state index is 5.52. The molecule has 0 aliphatic rings. The molecule has 0 saturated heterocycles. The van der Waals surface area contributed by atoms with E-state index in [2.05, 4.69) is 19.2 Å². The SMILES string of the molecule is CC(C)NCCCCCCl.Cl. The van der Waals surface area contributed by atoms with Gasteiger partial charge in [0.1, 0.15) is 0 Å². The number of nitrogens with one attached hydrogen (secondary N) is 1. The second kappa shape index (κ2) is 10.5. The maximum absolute atomic E-state index is 5.52. The Bertz CT molecular complexity index is 67.1. The molecule has 0 saturated carbocycles. The highest BCUT2D eigenvalue weighted by molar-refractivity contribution is 6.17. The fourth-order valence-corrected chi connectivity index (χ4v) is 0.976. The third kappa shape index (κ3) is 13.5. The zero-order valence-electron chi connectivity index (χ0n) is 7.40. The lowest BCUT2D eigenvalue weighted by Crippen LogP contribution is -2.23. The summed E-state index contributed by atoms with van der Waals surface area (Å²) in [5, 5.41) is 3.36. The Morgan fingerprint density at radius 2 is 1.82 bits per heavy atom. The Labute approximate surface area is 81.3 Å². The molecule has 0 aromatic rings. The molecule has 0 unspecified atom stereocenters. The number of unbranched alkanes of at least 4 members (excludes halogenated alkanes) is 2. The first-order valence-electron chi connectivity index (χ1n) is 4.06. The summed E-state index contributed by atoms with van der Waals surface area (Å²) in [7, 11) is 0. The third-order valence-electron chi connectivity index (χ3n) is 1.36. The second-order valence-electron chi connectivity index (χ2n) is 2.86. The Morgan fingerprint density at radius 1 is 1.18 bits per heavy atom. The summed E-state index contributed by atoms with van der Waals surface area (Å²) in [5.74, 6) is 0.807. The first-order valence-corrected chi connectivity index (χ1v) is 4.60. The predicted molar refractivity (Wildman–Crippen MR) is 55.0 cm³/mol. The van der Waals surface area contributed by atoms with Gasteiger partial charge in [-0.1, -0.05) is 20.3 Å². The fraction of sp³-hybridized carbons (Fsp3) is 1.00. The standard InChI is InChI=1S/C8H18ClN.ClH/c1-8(2)10-7-5-3-4-6-9;/h8,10H,3-7H2,1-2H3;1H. The molecule has 0 aliphatic heterocycles. The number of halogens is 2. The highest BCUT2D eigenvalue weighted by Gasteiger charge is 1.90. The summed E-state index contributed by atoms with van der Waals surface area (Å²) >= 11 is 5.52. The molecule has 0 aliphatic carbocycles. The topological polar surface area (TPSA) is 12.0 Å². The summed E-state index contributed by atoms with van der Waals surface area (Å²) in [5.41, 5.74) is 0. The van der Waals surface area contributed by atoms with E-state index < -0.39 is 0 Å². The molecule has 70 valence electrons. The van der Waals surface area contributed by atoms with Gasteiger partial charge >= 0.3 is 0 Å². The molecule has 0 heterocycles. The number of rotatable bonds is 6. The van der Waals surface area contributed by atoms with Crippen LogP contribution < -0.4 is 5.32 Å². The van der Waals surface area contributed by atoms with Crippen LogP contribution in [0.4, 0.5) is 0 Å². The van der Waals surface area contributed by atoms with Gasteiger partial charge in [-0.05, 0) is 19.4 Å². The normalized spacial score (nSPS) is 9.82.